The molecule has 2 aliphatic rings. The first-order chi connectivity index (χ1) is 8.67. The van der Waals surface area contributed by atoms with Gasteiger partial charge in [0.05, 0.1) is 12.6 Å². The van der Waals surface area contributed by atoms with Gasteiger partial charge in [0, 0.05) is 25.5 Å². The maximum atomic E-state index is 13.9. The highest BCUT2D eigenvalue weighted by Gasteiger charge is 2.45. The molecule has 3 heterocycles. The van der Waals surface area contributed by atoms with E-state index in [1.807, 2.05) is 11.0 Å². The summed E-state index contributed by atoms with van der Waals surface area (Å²) in [4.78, 5) is 6.01. The molecule has 0 amide bonds. The lowest BCUT2D eigenvalue weighted by atomic mass is 9.95. The van der Waals surface area contributed by atoms with Gasteiger partial charge in [-0.05, 0) is 36.6 Å². The summed E-state index contributed by atoms with van der Waals surface area (Å²) in [7, 11) is 0. The van der Waals surface area contributed by atoms with Crippen molar-refractivity contribution in [2.75, 3.05) is 19.6 Å². The van der Waals surface area contributed by atoms with Crippen LogP contribution in [0.2, 0.25) is 0 Å². The summed E-state index contributed by atoms with van der Waals surface area (Å²) in [5.74, 6) is -2.63. The Labute approximate surface area is 105 Å². The second kappa shape index (κ2) is 4.55. The molecule has 2 aliphatic heterocycles. The molecule has 18 heavy (non-hydrogen) atoms. The Morgan fingerprint density at radius 3 is 3.11 bits per heavy atom. The number of alkyl halides is 2. The first-order valence-electron chi connectivity index (χ1n) is 6.41. The first-order valence-corrected chi connectivity index (χ1v) is 6.41. The molecule has 1 unspecified atom stereocenters. The molecular weight excluding hydrogens is 236 g/mol. The largest absolute Gasteiger partial charge is 0.311 e. The Morgan fingerprint density at radius 1 is 1.39 bits per heavy atom. The van der Waals surface area contributed by atoms with Crippen molar-refractivity contribution in [1.82, 2.24) is 15.2 Å². The zero-order chi connectivity index (χ0) is 12.6. The number of hydrogen-bond donors (Lipinski definition) is 1. The molecule has 1 saturated heterocycles. The number of rotatable bonds is 1. The van der Waals surface area contributed by atoms with Crippen molar-refractivity contribution in [2.45, 2.75) is 31.4 Å². The average Bonchev–Trinajstić information content (AvgIpc) is 2.38. The van der Waals surface area contributed by atoms with Gasteiger partial charge < -0.3 is 5.32 Å². The van der Waals surface area contributed by atoms with E-state index in [0.29, 0.717) is 19.5 Å². The molecule has 1 atom stereocenters. The maximum absolute atomic E-state index is 13.9. The Morgan fingerprint density at radius 2 is 2.28 bits per heavy atom. The van der Waals surface area contributed by atoms with Gasteiger partial charge in [0.25, 0.3) is 5.92 Å². The van der Waals surface area contributed by atoms with Crippen molar-refractivity contribution in [3.05, 3.63) is 29.6 Å². The lowest BCUT2D eigenvalue weighted by molar-refractivity contribution is -0.0990. The van der Waals surface area contributed by atoms with Crippen LogP contribution in [0.4, 0.5) is 8.78 Å². The zero-order valence-electron chi connectivity index (χ0n) is 10.2. The van der Waals surface area contributed by atoms with Crippen LogP contribution >= 0.6 is 0 Å². The van der Waals surface area contributed by atoms with Gasteiger partial charge in [0.1, 0.15) is 0 Å². The second-order valence-electron chi connectivity index (χ2n) is 5.11. The molecule has 1 aromatic heterocycles. The van der Waals surface area contributed by atoms with Crippen molar-refractivity contribution in [1.29, 1.82) is 0 Å². The number of piperidine rings is 1. The lowest BCUT2D eigenvalue weighted by Gasteiger charge is -2.41. The fraction of sp³-hybridized carbons (Fsp3) is 0.615. The Hall–Kier alpha value is -1.07. The molecule has 0 saturated carbocycles. The highest BCUT2D eigenvalue weighted by atomic mass is 19.3. The molecule has 1 aromatic rings. The third-order valence-corrected chi connectivity index (χ3v) is 3.93. The fourth-order valence-corrected chi connectivity index (χ4v) is 2.94. The van der Waals surface area contributed by atoms with Crippen molar-refractivity contribution in [3.8, 4) is 0 Å². The van der Waals surface area contributed by atoms with Crippen LogP contribution in [0.25, 0.3) is 0 Å². The van der Waals surface area contributed by atoms with E-state index in [-0.39, 0.29) is 6.54 Å². The predicted octanol–water partition coefficient (Wildman–Crippen LogP) is 1.44. The van der Waals surface area contributed by atoms with E-state index in [2.05, 4.69) is 10.3 Å². The van der Waals surface area contributed by atoms with Crippen LogP contribution in [-0.2, 0) is 13.0 Å². The highest BCUT2D eigenvalue weighted by Crippen LogP contribution is 2.31. The van der Waals surface area contributed by atoms with Crippen molar-refractivity contribution >= 4 is 0 Å². The molecule has 0 spiro atoms. The molecule has 3 rings (SSSR count). The van der Waals surface area contributed by atoms with Crippen LogP contribution in [0.15, 0.2) is 18.5 Å². The smallest absolute Gasteiger partial charge is 0.275 e. The first kappa shape index (κ1) is 12.0. The topological polar surface area (TPSA) is 28.2 Å². The van der Waals surface area contributed by atoms with Crippen molar-refractivity contribution < 1.29 is 8.78 Å². The second-order valence-corrected chi connectivity index (χ2v) is 5.11. The normalized spacial score (nSPS) is 27.8. The quantitative estimate of drug-likeness (QED) is 0.821. The molecule has 0 aliphatic carbocycles. The van der Waals surface area contributed by atoms with Gasteiger partial charge in [-0.2, -0.15) is 0 Å². The summed E-state index contributed by atoms with van der Waals surface area (Å²) in [5, 5.41) is 2.77. The van der Waals surface area contributed by atoms with E-state index in [0.717, 1.165) is 18.5 Å². The number of fused-ring (bicyclic) bond motifs is 1. The molecular formula is C13H17F2N3. The monoisotopic (exact) mass is 253 g/mol. The number of nitrogens with zero attached hydrogens (tertiary/aromatic N) is 2. The van der Waals surface area contributed by atoms with Gasteiger partial charge in [-0.3, -0.25) is 9.88 Å². The fourth-order valence-electron chi connectivity index (χ4n) is 2.94. The molecule has 1 fully saturated rings. The Kier molecular flexibility index (Phi) is 3.03. The minimum atomic E-state index is -2.63. The van der Waals surface area contributed by atoms with Crippen LogP contribution in [-0.4, -0.2) is 41.5 Å². The van der Waals surface area contributed by atoms with Crippen molar-refractivity contribution in [3.63, 3.8) is 0 Å². The maximum Gasteiger partial charge on any atom is 0.275 e. The average molecular weight is 253 g/mol. The highest BCUT2D eigenvalue weighted by molar-refractivity contribution is 5.26. The molecule has 1 N–H and O–H groups in total. The number of aromatic nitrogens is 1. The Balaban J connectivity index is 1.79. The van der Waals surface area contributed by atoms with Gasteiger partial charge in [-0.15, -0.1) is 0 Å². The standard InChI is InChI=1S/C13H17F2N3/c14-13(15)9-17-5-2-12(13)18-6-3-10-1-4-16-7-11(10)8-18/h1,4,7,12,17H,2-3,5-6,8-9H2. The van der Waals surface area contributed by atoms with E-state index in [1.54, 1.807) is 12.4 Å². The summed E-state index contributed by atoms with van der Waals surface area (Å²) < 4.78 is 27.8. The minimum absolute atomic E-state index is 0.200. The summed E-state index contributed by atoms with van der Waals surface area (Å²) in [5.41, 5.74) is 2.34. The molecule has 0 radical (unpaired) electrons. The van der Waals surface area contributed by atoms with E-state index in [1.165, 1.54) is 5.56 Å². The Bertz CT molecular complexity index is 436. The summed E-state index contributed by atoms with van der Waals surface area (Å²) >= 11 is 0. The van der Waals surface area contributed by atoms with Crippen LogP contribution in [0.5, 0.6) is 0 Å². The summed E-state index contributed by atoms with van der Waals surface area (Å²) in [6.07, 6.45) is 4.94. The van der Waals surface area contributed by atoms with Gasteiger partial charge in [-0.1, -0.05) is 0 Å². The third-order valence-electron chi connectivity index (χ3n) is 3.93. The van der Waals surface area contributed by atoms with Gasteiger partial charge in [-0.25, -0.2) is 8.78 Å². The summed E-state index contributed by atoms with van der Waals surface area (Å²) in [6, 6.07) is 1.36. The molecule has 0 bridgehead atoms. The van der Waals surface area contributed by atoms with Crippen LogP contribution in [0, 0.1) is 0 Å². The number of nitrogens with one attached hydrogen (secondary N) is 1. The van der Waals surface area contributed by atoms with E-state index in [4.69, 9.17) is 0 Å². The number of pyridine rings is 1. The van der Waals surface area contributed by atoms with Crippen molar-refractivity contribution in [2.24, 2.45) is 0 Å². The SMILES string of the molecule is FC1(F)CNCCC1N1CCc2ccncc2C1. The predicted molar refractivity (Wildman–Crippen MR) is 64.6 cm³/mol. The van der Waals surface area contributed by atoms with Gasteiger partial charge in [0.2, 0.25) is 0 Å². The minimum Gasteiger partial charge on any atom is -0.311 e. The van der Waals surface area contributed by atoms with E-state index < -0.39 is 12.0 Å². The molecule has 98 valence electrons. The van der Waals surface area contributed by atoms with E-state index in [9.17, 15) is 8.78 Å². The van der Waals surface area contributed by atoms with Crippen LogP contribution < -0.4 is 5.32 Å². The number of hydrogen-bond acceptors (Lipinski definition) is 3. The van der Waals surface area contributed by atoms with E-state index >= 15 is 0 Å². The molecule has 0 aromatic carbocycles. The molecule has 3 nitrogen and oxygen atoms in total. The van der Waals surface area contributed by atoms with Gasteiger partial charge in [0.15, 0.2) is 0 Å². The lowest BCUT2D eigenvalue weighted by Crippen LogP contribution is -2.58. The zero-order valence-corrected chi connectivity index (χ0v) is 10.2. The summed E-state index contributed by atoms with van der Waals surface area (Å²) in [6.45, 7) is 1.80. The number of halogens is 2. The van der Waals surface area contributed by atoms with Crippen LogP contribution in [0.3, 0.4) is 0 Å². The molecule has 5 heteroatoms. The van der Waals surface area contributed by atoms with Gasteiger partial charge >= 0.3 is 0 Å². The third kappa shape index (κ3) is 2.12. The van der Waals surface area contributed by atoms with Crippen LogP contribution in [0.1, 0.15) is 17.5 Å².